The van der Waals surface area contributed by atoms with E-state index in [-0.39, 0.29) is 30.7 Å². The first-order chi connectivity index (χ1) is 12.9. The number of likely N-dealkylation sites (tertiary alicyclic amines) is 1. The van der Waals surface area contributed by atoms with E-state index in [4.69, 9.17) is 5.11 Å². The first kappa shape index (κ1) is 18.9. The predicted octanol–water partition coefficient (Wildman–Crippen LogP) is 0.894. The molecule has 0 aliphatic carbocycles. The lowest BCUT2D eigenvalue weighted by atomic mass is 9.89. The normalized spacial score (nSPS) is 19.8. The molecular formula is C19H23N3O5. The van der Waals surface area contributed by atoms with Crippen molar-refractivity contribution in [2.45, 2.75) is 25.2 Å². The molecule has 0 saturated carbocycles. The van der Waals surface area contributed by atoms with Crippen LogP contribution in [0.2, 0.25) is 0 Å². The number of fused-ring (bicyclic) bond motifs is 1. The van der Waals surface area contributed by atoms with E-state index in [9.17, 15) is 19.2 Å². The Labute approximate surface area is 157 Å². The van der Waals surface area contributed by atoms with Crippen molar-refractivity contribution in [3.63, 3.8) is 0 Å². The lowest BCUT2D eigenvalue weighted by molar-refractivity contribution is -0.146. The zero-order valence-electron chi connectivity index (χ0n) is 15.2. The summed E-state index contributed by atoms with van der Waals surface area (Å²) in [4.78, 5) is 51.2. The van der Waals surface area contributed by atoms with Crippen LogP contribution >= 0.6 is 0 Å². The van der Waals surface area contributed by atoms with Crippen LogP contribution < -0.4 is 5.32 Å². The Morgan fingerprint density at radius 3 is 2.56 bits per heavy atom. The van der Waals surface area contributed by atoms with Gasteiger partial charge in [0.05, 0.1) is 18.4 Å². The van der Waals surface area contributed by atoms with E-state index in [0.29, 0.717) is 31.6 Å². The zero-order valence-corrected chi connectivity index (χ0v) is 15.2. The van der Waals surface area contributed by atoms with Gasteiger partial charge in [-0.15, -0.1) is 0 Å². The molecule has 1 atom stereocenters. The third kappa shape index (κ3) is 4.10. The molecule has 27 heavy (non-hydrogen) atoms. The number of anilines is 1. The monoisotopic (exact) mass is 373 g/mol. The highest BCUT2D eigenvalue weighted by molar-refractivity contribution is 6.01. The van der Waals surface area contributed by atoms with Gasteiger partial charge < -0.3 is 20.2 Å². The Morgan fingerprint density at radius 1 is 1.22 bits per heavy atom. The second-order valence-electron chi connectivity index (χ2n) is 7.08. The quantitative estimate of drug-likeness (QED) is 0.815. The summed E-state index contributed by atoms with van der Waals surface area (Å²) in [6.45, 7) is 0.676. The fourth-order valence-electron chi connectivity index (χ4n) is 3.65. The summed E-state index contributed by atoms with van der Waals surface area (Å²) in [5.41, 5.74) is 1.38. The fraction of sp³-hybridized carbons (Fsp3) is 0.474. The van der Waals surface area contributed by atoms with Gasteiger partial charge in [0, 0.05) is 32.2 Å². The smallest absolute Gasteiger partial charge is 0.306 e. The number of aliphatic carboxylic acids is 1. The van der Waals surface area contributed by atoms with E-state index in [0.717, 1.165) is 5.56 Å². The molecule has 144 valence electrons. The zero-order chi connectivity index (χ0) is 19.6. The molecule has 1 fully saturated rings. The number of carbonyl (C=O) groups excluding carboxylic acids is 3. The number of carboxylic acids is 1. The van der Waals surface area contributed by atoms with Gasteiger partial charge in [0.15, 0.2) is 0 Å². The second-order valence-corrected chi connectivity index (χ2v) is 7.08. The first-order valence-corrected chi connectivity index (χ1v) is 9.01. The highest BCUT2D eigenvalue weighted by atomic mass is 16.4. The third-order valence-electron chi connectivity index (χ3n) is 5.24. The van der Waals surface area contributed by atoms with Crippen molar-refractivity contribution in [1.82, 2.24) is 9.80 Å². The molecule has 2 aliphatic rings. The molecule has 1 unspecified atom stereocenters. The lowest BCUT2D eigenvalue weighted by Gasteiger charge is -2.32. The maximum atomic E-state index is 12.9. The molecule has 2 heterocycles. The van der Waals surface area contributed by atoms with Gasteiger partial charge in [0.25, 0.3) is 0 Å². The van der Waals surface area contributed by atoms with Gasteiger partial charge in [-0.2, -0.15) is 0 Å². The second kappa shape index (κ2) is 7.77. The molecule has 2 aliphatic heterocycles. The summed E-state index contributed by atoms with van der Waals surface area (Å²) < 4.78 is 0. The number of hydrogen-bond acceptors (Lipinski definition) is 4. The molecule has 3 amide bonds. The van der Waals surface area contributed by atoms with Crippen molar-refractivity contribution in [3.8, 4) is 0 Å². The van der Waals surface area contributed by atoms with Crippen LogP contribution in [0.1, 0.15) is 30.7 Å². The number of piperidine rings is 1. The van der Waals surface area contributed by atoms with Gasteiger partial charge in [-0.3, -0.25) is 19.2 Å². The predicted molar refractivity (Wildman–Crippen MR) is 97.0 cm³/mol. The minimum Gasteiger partial charge on any atom is -0.481 e. The Balaban J connectivity index is 1.62. The van der Waals surface area contributed by atoms with Gasteiger partial charge in [-0.25, -0.2) is 0 Å². The van der Waals surface area contributed by atoms with Crippen molar-refractivity contribution in [3.05, 3.63) is 29.8 Å². The van der Waals surface area contributed by atoms with Crippen molar-refractivity contribution in [2.75, 3.05) is 32.0 Å². The Kier molecular flexibility index (Phi) is 5.43. The van der Waals surface area contributed by atoms with Crippen molar-refractivity contribution < 1.29 is 24.3 Å². The molecule has 2 N–H and O–H groups in total. The molecular weight excluding hydrogens is 350 g/mol. The van der Waals surface area contributed by atoms with Gasteiger partial charge in [0.2, 0.25) is 17.7 Å². The summed E-state index contributed by atoms with van der Waals surface area (Å²) in [5, 5.41) is 11.8. The number of rotatable bonds is 4. The number of carbonyl (C=O) groups is 4. The lowest BCUT2D eigenvalue weighted by Crippen LogP contribution is -2.46. The van der Waals surface area contributed by atoms with Crippen LogP contribution in [0.3, 0.4) is 0 Å². The SMILES string of the molecule is CN(CC(=O)N1CCC(C(=O)O)CC1)C(=O)C1CC(=O)Nc2ccccc21. The molecule has 0 radical (unpaired) electrons. The van der Waals surface area contributed by atoms with E-state index in [2.05, 4.69) is 5.32 Å². The number of nitrogens with one attached hydrogen (secondary N) is 1. The average Bonchev–Trinajstić information content (AvgIpc) is 2.66. The summed E-state index contributed by atoms with van der Waals surface area (Å²) in [6, 6.07) is 7.17. The first-order valence-electron chi connectivity index (χ1n) is 9.01. The summed E-state index contributed by atoms with van der Waals surface area (Å²) in [6.07, 6.45) is 0.905. The highest BCUT2D eigenvalue weighted by Crippen LogP contribution is 2.33. The molecule has 1 aromatic rings. The van der Waals surface area contributed by atoms with Gasteiger partial charge >= 0.3 is 5.97 Å². The number of benzene rings is 1. The number of likely N-dealkylation sites (N-methyl/N-ethyl adjacent to an activating group) is 1. The number of carboxylic acid groups (broad SMARTS) is 1. The van der Waals surface area contributed by atoms with Crippen LogP contribution in [0.5, 0.6) is 0 Å². The van der Waals surface area contributed by atoms with E-state index in [1.54, 1.807) is 24.1 Å². The van der Waals surface area contributed by atoms with E-state index >= 15 is 0 Å². The van der Waals surface area contributed by atoms with Crippen molar-refractivity contribution in [2.24, 2.45) is 5.92 Å². The topological polar surface area (TPSA) is 107 Å². The minimum absolute atomic E-state index is 0.0540. The largest absolute Gasteiger partial charge is 0.481 e. The number of hydrogen-bond donors (Lipinski definition) is 2. The van der Waals surface area contributed by atoms with Crippen LogP contribution in [-0.4, -0.2) is 65.3 Å². The van der Waals surface area contributed by atoms with Crippen molar-refractivity contribution >= 4 is 29.4 Å². The van der Waals surface area contributed by atoms with Crippen LogP contribution in [0, 0.1) is 5.92 Å². The third-order valence-corrected chi connectivity index (χ3v) is 5.24. The van der Waals surface area contributed by atoms with Gasteiger partial charge in [-0.1, -0.05) is 18.2 Å². The minimum atomic E-state index is -0.830. The molecule has 3 rings (SSSR count). The fourth-order valence-corrected chi connectivity index (χ4v) is 3.65. The molecule has 0 spiro atoms. The molecule has 1 aromatic carbocycles. The van der Waals surface area contributed by atoms with Gasteiger partial charge in [-0.05, 0) is 24.5 Å². The van der Waals surface area contributed by atoms with Crippen LogP contribution in [-0.2, 0) is 19.2 Å². The Morgan fingerprint density at radius 2 is 1.89 bits per heavy atom. The van der Waals surface area contributed by atoms with E-state index < -0.39 is 17.8 Å². The molecule has 8 heteroatoms. The average molecular weight is 373 g/mol. The van der Waals surface area contributed by atoms with E-state index in [1.165, 1.54) is 4.90 Å². The highest BCUT2D eigenvalue weighted by Gasteiger charge is 2.34. The van der Waals surface area contributed by atoms with Gasteiger partial charge in [0.1, 0.15) is 0 Å². The van der Waals surface area contributed by atoms with Crippen LogP contribution in [0.15, 0.2) is 24.3 Å². The number of para-hydroxylation sites is 1. The van der Waals surface area contributed by atoms with Crippen LogP contribution in [0.4, 0.5) is 5.69 Å². The maximum absolute atomic E-state index is 12.9. The Hall–Kier alpha value is -2.90. The molecule has 0 bridgehead atoms. The van der Waals surface area contributed by atoms with Crippen molar-refractivity contribution in [1.29, 1.82) is 0 Å². The maximum Gasteiger partial charge on any atom is 0.306 e. The number of amides is 3. The Bertz CT molecular complexity index is 770. The van der Waals surface area contributed by atoms with E-state index in [1.807, 2.05) is 12.1 Å². The molecule has 8 nitrogen and oxygen atoms in total. The summed E-state index contributed by atoms with van der Waals surface area (Å²) in [5.74, 6) is -2.54. The number of nitrogens with zero attached hydrogens (tertiary/aromatic N) is 2. The summed E-state index contributed by atoms with van der Waals surface area (Å²) in [7, 11) is 1.55. The molecule has 0 aromatic heterocycles. The summed E-state index contributed by atoms with van der Waals surface area (Å²) >= 11 is 0. The van der Waals surface area contributed by atoms with Crippen LogP contribution in [0.25, 0.3) is 0 Å². The molecule has 1 saturated heterocycles. The standard InChI is InChI=1S/C19H23N3O5/c1-21(11-17(24)22-8-6-12(7-9-22)19(26)27)18(25)14-10-16(23)20-15-5-3-2-4-13(14)15/h2-5,12,14H,6-11H2,1H3,(H,20,23)(H,26,27).